The van der Waals surface area contributed by atoms with Crippen molar-refractivity contribution >= 4 is 60.3 Å². The van der Waals surface area contributed by atoms with Crippen molar-refractivity contribution in [2.45, 2.75) is 18.3 Å². The van der Waals surface area contributed by atoms with E-state index < -0.39 is 0 Å². The molecule has 162 valence electrons. The predicted molar refractivity (Wildman–Crippen MR) is 140 cm³/mol. The van der Waals surface area contributed by atoms with E-state index in [1.165, 1.54) is 0 Å². The normalized spacial score (nSPS) is 18.7. The fourth-order valence-corrected chi connectivity index (χ4v) is 6.63. The van der Waals surface area contributed by atoms with Crippen molar-refractivity contribution in [3.05, 3.63) is 110 Å². The molecule has 1 aliphatic heterocycles. The molecule has 0 fully saturated rings. The first-order valence-corrected chi connectivity index (χ1v) is 12.4. The maximum atomic E-state index is 13.3. The summed E-state index contributed by atoms with van der Waals surface area (Å²) in [4.78, 5) is 13.3. The van der Waals surface area contributed by atoms with Gasteiger partial charge in [0.05, 0.1) is 11.6 Å². The summed E-state index contributed by atoms with van der Waals surface area (Å²) in [6.45, 7) is 0. The van der Waals surface area contributed by atoms with Crippen molar-refractivity contribution in [1.82, 2.24) is 0 Å². The highest BCUT2D eigenvalue weighted by atomic mass is 79.9. The fourth-order valence-electron chi connectivity index (χ4n) is 5.28. The molecule has 3 nitrogen and oxygen atoms in total. The zero-order chi connectivity index (χ0) is 22.7. The molecule has 33 heavy (non-hydrogen) atoms. The van der Waals surface area contributed by atoms with Gasteiger partial charge >= 0.3 is 0 Å². The summed E-state index contributed by atoms with van der Waals surface area (Å²) in [5, 5.41) is 16.0. The lowest BCUT2D eigenvalue weighted by Crippen LogP contribution is -2.20. The van der Waals surface area contributed by atoms with Crippen LogP contribution in [0.2, 0.25) is 0 Å². The molecule has 6 rings (SSSR count). The summed E-state index contributed by atoms with van der Waals surface area (Å²) in [6, 6.07) is 24.2. The third kappa shape index (κ3) is 3.33. The average Bonchev–Trinajstić information content (AvgIpc) is 3.32. The molecule has 5 heteroatoms. The number of benzene rings is 4. The van der Waals surface area contributed by atoms with Crippen molar-refractivity contribution in [2.24, 2.45) is 0 Å². The van der Waals surface area contributed by atoms with E-state index in [0.717, 1.165) is 53.2 Å². The van der Waals surface area contributed by atoms with Crippen molar-refractivity contribution in [3.63, 3.8) is 0 Å². The first-order chi connectivity index (χ1) is 16.0. The summed E-state index contributed by atoms with van der Waals surface area (Å²) in [5.41, 5.74) is 6.10. The van der Waals surface area contributed by atoms with Gasteiger partial charge in [-0.25, -0.2) is 0 Å². The number of fused-ring (bicyclic) bond motifs is 3. The molecule has 1 aliphatic carbocycles. The number of anilines is 1. The van der Waals surface area contributed by atoms with Crippen LogP contribution < -0.4 is 5.32 Å². The molecule has 2 atom stereocenters. The van der Waals surface area contributed by atoms with Gasteiger partial charge in [-0.3, -0.25) is 4.79 Å². The summed E-state index contributed by atoms with van der Waals surface area (Å²) < 4.78 is 1.80. The third-order valence-corrected chi connectivity index (χ3v) is 7.82. The number of allylic oxidation sites excluding steroid dienone is 1. The van der Waals surface area contributed by atoms with E-state index in [2.05, 4.69) is 55.4 Å². The number of carbonyl (C=O) groups excluding carboxylic acids is 1. The molecule has 0 bridgehead atoms. The lowest BCUT2D eigenvalue weighted by atomic mass is 9.78. The number of amides is 1. The van der Waals surface area contributed by atoms with Gasteiger partial charge in [-0.1, -0.05) is 88.2 Å². The minimum Gasteiger partial charge on any atom is -0.507 e. The lowest BCUT2D eigenvalue weighted by Gasteiger charge is -2.23. The molecule has 0 spiro atoms. The van der Waals surface area contributed by atoms with Crippen LogP contribution >= 0.6 is 31.9 Å². The van der Waals surface area contributed by atoms with Crippen LogP contribution in [0.5, 0.6) is 5.75 Å². The van der Waals surface area contributed by atoms with Gasteiger partial charge in [-0.2, -0.15) is 0 Å². The van der Waals surface area contributed by atoms with Crippen LogP contribution in [0, 0.1) is 0 Å². The lowest BCUT2D eigenvalue weighted by molar-refractivity contribution is -0.117. The Morgan fingerprint density at radius 2 is 1.67 bits per heavy atom. The molecule has 4 aromatic rings. The SMILES string of the molecule is O=C1Nc2c(Br)cc(Br)cc2C1C1C(Cc2ccc3ccccc3c2O)=Cc2ccccc21. The highest BCUT2D eigenvalue weighted by Gasteiger charge is 2.42. The van der Waals surface area contributed by atoms with Gasteiger partial charge in [0.2, 0.25) is 5.91 Å². The minimum absolute atomic E-state index is 0.000800. The molecule has 2 N–H and O–H groups in total. The molecule has 1 amide bonds. The summed E-state index contributed by atoms with van der Waals surface area (Å²) >= 11 is 7.19. The number of phenols is 1. The molecule has 0 radical (unpaired) electrons. The molecule has 4 aromatic carbocycles. The van der Waals surface area contributed by atoms with Crippen molar-refractivity contribution < 1.29 is 9.90 Å². The van der Waals surface area contributed by atoms with Crippen LogP contribution in [0.25, 0.3) is 16.8 Å². The molecular weight excluding hydrogens is 542 g/mol. The second kappa shape index (κ2) is 7.86. The Morgan fingerprint density at radius 3 is 2.55 bits per heavy atom. The van der Waals surface area contributed by atoms with E-state index >= 15 is 0 Å². The van der Waals surface area contributed by atoms with Crippen LogP contribution in [0.15, 0.2) is 87.3 Å². The van der Waals surface area contributed by atoms with E-state index in [9.17, 15) is 9.90 Å². The quantitative estimate of drug-likeness (QED) is 0.272. The smallest absolute Gasteiger partial charge is 0.232 e. The summed E-state index contributed by atoms with van der Waals surface area (Å²) in [7, 11) is 0. The van der Waals surface area contributed by atoms with E-state index in [0.29, 0.717) is 12.2 Å². The van der Waals surface area contributed by atoms with Gasteiger partial charge in [0.25, 0.3) is 0 Å². The van der Waals surface area contributed by atoms with Crippen LogP contribution in [-0.4, -0.2) is 11.0 Å². The van der Waals surface area contributed by atoms with Crippen LogP contribution in [-0.2, 0) is 11.2 Å². The minimum atomic E-state index is -0.341. The number of halogens is 2. The zero-order valence-corrected chi connectivity index (χ0v) is 20.7. The standard InChI is InChI=1S/C28H19Br2NO2/c29-19-13-22-25(28(33)31-26(22)23(30)14-19)24-18(11-16-6-2-3-7-20(16)24)12-17-10-9-15-5-1-4-8-21(15)27(17)32/h1-11,13-14,24-25,32H,12H2,(H,31,33). The number of hydrogen-bond donors (Lipinski definition) is 2. The highest BCUT2D eigenvalue weighted by Crippen LogP contribution is 2.52. The Hall–Kier alpha value is -2.89. The fraction of sp³-hybridized carbons (Fsp3) is 0.107. The second-order valence-electron chi connectivity index (χ2n) is 8.62. The first kappa shape index (κ1) is 20.7. The third-order valence-electron chi connectivity index (χ3n) is 6.73. The second-order valence-corrected chi connectivity index (χ2v) is 10.4. The molecule has 0 saturated carbocycles. The van der Waals surface area contributed by atoms with Gasteiger partial charge in [0.15, 0.2) is 0 Å². The van der Waals surface area contributed by atoms with Crippen LogP contribution in [0.4, 0.5) is 5.69 Å². The van der Waals surface area contributed by atoms with Crippen molar-refractivity contribution in [1.29, 1.82) is 0 Å². The predicted octanol–water partition coefficient (Wildman–Crippen LogP) is 7.53. The zero-order valence-electron chi connectivity index (χ0n) is 17.5. The van der Waals surface area contributed by atoms with Crippen molar-refractivity contribution in [3.8, 4) is 5.75 Å². The van der Waals surface area contributed by atoms with E-state index in [1.807, 2.05) is 60.7 Å². The number of rotatable bonds is 3. The average molecular weight is 561 g/mol. The first-order valence-electron chi connectivity index (χ1n) is 10.8. The monoisotopic (exact) mass is 559 g/mol. The van der Waals surface area contributed by atoms with E-state index in [1.54, 1.807) is 0 Å². The van der Waals surface area contributed by atoms with E-state index in [4.69, 9.17) is 0 Å². The van der Waals surface area contributed by atoms with E-state index in [-0.39, 0.29) is 17.7 Å². The summed E-state index contributed by atoms with van der Waals surface area (Å²) in [5.74, 6) is -0.134. The molecule has 0 aromatic heterocycles. The molecule has 0 saturated heterocycles. The Labute approximate surface area is 208 Å². The van der Waals surface area contributed by atoms with Crippen LogP contribution in [0.3, 0.4) is 0 Å². The summed E-state index contributed by atoms with van der Waals surface area (Å²) in [6.07, 6.45) is 2.76. The Bertz CT molecular complexity index is 1490. The maximum absolute atomic E-state index is 13.3. The topological polar surface area (TPSA) is 49.3 Å². The molecular formula is C28H19Br2NO2. The number of hydrogen-bond acceptors (Lipinski definition) is 2. The molecule has 1 heterocycles. The van der Waals surface area contributed by atoms with Gasteiger partial charge in [-0.05, 0) is 62.1 Å². The Balaban J connectivity index is 1.47. The van der Waals surface area contributed by atoms with Gasteiger partial charge < -0.3 is 10.4 Å². The largest absolute Gasteiger partial charge is 0.507 e. The number of aromatic hydroxyl groups is 1. The maximum Gasteiger partial charge on any atom is 0.232 e. The molecule has 2 aliphatic rings. The number of carbonyl (C=O) groups is 1. The molecule has 2 unspecified atom stereocenters. The van der Waals surface area contributed by atoms with Gasteiger partial charge in [-0.15, -0.1) is 0 Å². The number of phenolic OH excluding ortho intramolecular Hbond substituents is 1. The Kier molecular flexibility index (Phi) is 4.93. The van der Waals surface area contributed by atoms with Crippen molar-refractivity contribution in [2.75, 3.05) is 5.32 Å². The van der Waals surface area contributed by atoms with Gasteiger partial charge in [0.1, 0.15) is 5.75 Å². The van der Waals surface area contributed by atoms with Crippen LogP contribution in [0.1, 0.15) is 34.1 Å². The Morgan fingerprint density at radius 1 is 0.879 bits per heavy atom. The highest BCUT2D eigenvalue weighted by molar-refractivity contribution is 9.11. The number of nitrogens with one attached hydrogen (secondary N) is 1. The van der Waals surface area contributed by atoms with Gasteiger partial charge in [0, 0.05) is 20.2 Å².